The fourth-order valence-electron chi connectivity index (χ4n) is 1.37. The molecule has 0 aliphatic heterocycles. The lowest BCUT2D eigenvalue weighted by atomic mass is 10.2. The van der Waals surface area contributed by atoms with E-state index in [2.05, 4.69) is 4.98 Å². The molecule has 0 fully saturated rings. The summed E-state index contributed by atoms with van der Waals surface area (Å²) >= 11 is 0. The number of hydrogen-bond donors (Lipinski definition) is 2. The highest BCUT2D eigenvalue weighted by Crippen LogP contribution is 2.10. The summed E-state index contributed by atoms with van der Waals surface area (Å²) in [4.78, 5) is 14.2. The molecule has 0 radical (unpaired) electrons. The van der Waals surface area contributed by atoms with Crippen LogP contribution in [-0.2, 0) is 11.3 Å². The number of carbonyl (C=O) groups excluding carboxylic acids is 1. The molecule has 3 N–H and O–H groups in total. The number of esters is 1. The van der Waals surface area contributed by atoms with Crippen molar-refractivity contribution in [1.82, 2.24) is 4.98 Å². The molecule has 1 aromatic heterocycles. The van der Waals surface area contributed by atoms with Gasteiger partial charge in [0.1, 0.15) is 18.1 Å². The molecular weight excluding hydrogens is 223 g/mol. The summed E-state index contributed by atoms with van der Waals surface area (Å²) in [6.45, 7) is -0.107. The number of halogens is 1. The van der Waals surface area contributed by atoms with Crippen LogP contribution in [0.4, 0.5) is 10.1 Å². The number of nitrogen functional groups attached to an aromatic ring is 1. The van der Waals surface area contributed by atoms with Crippen LogP contribution < -0.4 is 5.73 Å². The molecular formula is C12H11FN2O2. The Hall–Kier alpha value is -2.30. The number of anilines is 1. The van der Waals surface area contributed by atoms with Gasteiger partial charge in [-0.3, -0.25) is 0 Å². The first-order valence-corrected chi connectivity index (χ1v) is 5.01. The van der Waals surface area contributed by atoms with Gasteiger partial charge in [0.2, 0.25) is 0 Å². The van der Waals surface area contributed by atoms with E-state index in [9.17, 15) is 9.18 Å². The molecule has 88 valence electrons. The van der Waals surface area contributed by atoms with E-state index in [-0.39, 0.29) is 12.3 Å². The molecule has 0 aliphatic carbocycles. The van der Waals surface area contributed by atoms with E-state index in [0.717, 1.165) is 0 Å². The standard InChI is InChI=1S/C12H11FN2O2/c13-10-4-2-1-3-8(10)7-17-12(16)11-5-9(14)6-15-11/h1-6,15H,7,14H2. The van der Waals surface area contributed by atoms with E-state index >= 15 is 0 Å². The van der Waals surface area contributed by atoms with Gasteiger partial charge in [-0.05, 0) is 12.1 Å². The smallest absolute Gasteiger partial charge is 0.355 e. The summed E-state index contributed by atoms with van der Waals surface area (Å²) in [6.07, 6.45) is 1.49. The molecule has 0 saturated heterocycles. The fourth-order valence-corrected chi connectivity index (χ4v) is 1.37. The van der Waals surface area contributed by atoms with Crippen molar-refractivity contribution < 1.29 is 13.9 Å². The van der Waals surface area contributed by atoms with Gasteiger partial charge in [-0.2, -0.15) is 0 Å². The third-order valence-corrected chi connectivity index (χ3v) is 2.24. The van der Waals surface area contributed by atoms with Crippen molar-refractivity contribution in [1.29, 1.82) is 0 Å². The predicted octanol–water partition coefficient (Wildman–Crippen LogP) is 2.09. The first-order valence-electron chi connectivity index (χ1n) is 5.01. The molecule has 0 saturated carbocycles. The number of ether oxygens (including phenoxy) is 1. The Bertz CT molecular complexity index is 537. The second-order valence-electron chi connectivity index (χ2n) is 3.51. The van der Waals surface area contributed by atoms with E-state index < -0.39 is 11.8 Å². The van der Waals surface area contributed by atoms with Crippen LogP contribution >= 0.6 is 0 Å². The minimum atomic E-state index is -0.565. The van der Waals surface area contributed by atoms with E-state index in [0.29, 0.717) is 11.3 Å². The van der Waals surface area contributed by atoms with Crippen molar-refractivity contribution in [2.24, 2.45) is 0 Å². The van der Waals surface area contributed by atoms with Crippen LogP contribution in [0.3, 0.4) is 0 Å². The number of aromatic nitrogens is 1. The first-order chi connectivity index (χ1) is 8.16. The Morgan fingerprint density at radius 1 is 1.41 bits per heavy atom. The molecule has 2 aromatic rings. The van der Waals surface area contributed by atoms with Crippen molar-refractivity contribution >= 4 is 11.7 Å². The van der Waals surface area contributed by atoms with E-state index in [4.69, 9.17) is 10.5 Å². The highest BCUT2D eigenvalue weighted by atomic mass is 19.1. The number of rotatable bonds is 3. The second-order valence-corrected chi connectivity index (χ2v) is 3.51. The van der Waals surface area contributed by atoms with E-state index in [1.165, 1.54) is 18.3 Å². The lowest BCUT2D eigenvalue weighted by molar-refractivity contribution is 0.0463. The maximum absolute atomic E-state index is 13.2. The molecule has 0 atom stereocenters. The summed E-state index contributed by atoms with van der Waals surface area (Å²) < 4.78 is 18.2. The van der Waals surface area contributed by atoms with Gasteiger partial charge in [-0.25, -0.2) is 9.18 Å². The van der Waals surface area contributed by atoms with E-state index in [1.54, 1.807) is 18.2 Å². The van der Waals surface area contributed by atoms with Crippen molar-refractivity contribution in [2.45, 2.75) is 6.61 Å². The van der Waals surface area contributed by atoms with Crippen molar-refractivity contribution in [3.63, 3.8) is 0 Å². The highest BCUT2D eigenvalue weighted by molar-refractivity contribution is 5.88. The van der Waals surface area contributed by atoms with Crippen LogP contribution in [0.2, 0.25) is 0 Å². The number of nitrogens with one attached hydrogen (secondary N) is 1. The lowest BCUT2D eigenvalue weighted by Crippen LogP contribution is -2.06. The third kappa shape index (κ3) is 2.63. The lowest BCUT2D eigenvalue weighted by Gasteiger charge is -2.04. The van der Waals surface area contributed by atoms with Gasteiger partial charge in [0.25, 0.3) is 0 Å². The van der Waals surface area contributed by atoms with Crippen LogP contribution in [0.25, 0.3) is 0 Å². The number of H-pyrrole nitrogens is 1. The summed E-state index contributed by atoms with van der Waals surface area (Å²) in [5.74, 6) is -0.962. The normalized spacial score (nSPS) is 10.2. The number of benzene rings is 1. The first kappa shape index (κ1) is 11.2. The molecule has 0 spiro atoms. The highest BCUT2D eigenvalue weighted by Gasteiger charge is 2.10. The van der Waals surface area contributed by atoms with Crippen LogP contribution in [0, 0.1) is 5.82 Å². The largest absolute Gasteiger partial charge is 0.456 e. The van der Waals surface area contributed by atoms with Gasteiger partial charge in [0.05, 0.1) is 5.69 Å². The van der Waals surface area contributed by atoms with Crippen LogP contribution in [0.5, 0.6) is 0 Å². The number of hydrogen-bond acceptors (Lipinski definition) is 3. The van der Waals surface area contributed by atoms with Gasteiger partial charge in [0, 0.05) is 11.8 Å². The average Bonchev–Trinajstić information content (AvgIpc) is 2.74. The summed E-state index contributed by atoms with van der Waals surface area (Å²) in [7, 11) is 0. The molecule has 0 unspecified atom stereocenters. The van der Waals surface area contributed by atoms with Gasteiger partial charge in [-0.15, -0.1) is 0 Å². The second kappa shape index (κ2) is 4.69. The zero-order chi connectivity index (χ0) is 12.3. The van der Waals surface area contributed by atoms with Gasteiger partial charge >= 0.3 is 5.97 Å². The maximum atomic E-state index is 13.2. The Balaban J connectivity index is 1.99. The number of aromatic amines is 1. The van der Waals surface area contributed by atoms with Crippen molar-refractivity contribution in [2.75, 3.05) is 5.73 Å². The summed E-state index contributed by atoms with van der Waals surface area (Å²) in [6, 6.07) is 7.59. The average molecular weight is 234 g/mol. The van der Waals surface area contributed by atoms with Crippen LogP contribution in [-0.4, -0.2) is 11.0 Å². The Morgan fingerprint density at radius 2 is 2.18 bits per heavy atom. The van der Waals surface area contributed by atoms with E-state index in [1.807, 2.05) is 0 Å². The number of carbonyl (C=O) groups is 1. The third-order valence-electron chi connectivity index (χ3n) is 2.24. The Labute approximate surface area is 97.2 Å². The maximum Gasteiger partial charge on any atom is 0.355 e. The molecule has 0 amide bonds. The molecule has 0 aliphatic rings. The predicted molar refractivity (Wildman–Crippen MR) is 60.7 cm³/mol. The minimum absolute atomic E-state index is 0.107. The Morgan fingerprint density at radius 3 is 2.82 bits per heavy atom. The molecule has 1 heterocycles. The van der Waals surface area contributed by atoms with Crippen molar-refractivity contribution in [3.05, 3.63) is 53.6 Å². The SMILES string of the molecule is Nc1c[nH]c(C(=O)OCc2ccccc2F)c1. The topological polar surface area (TPSA) is 68.1 Å². The molecule has 17 heavy (non-hydrogen) atoms. The minimum Gasteiger partial charge on any atom is -0.456 e. The monoisotopic (exact) mass is 234 g/mol. The summed E-state index contributed by atoms with van der Waals surface area (Å²) in [5, 5.41) is 0. The summed E-state index contributed by atoms with van der Waals surface area (Å²) in [5.41, 5.74) is 6.48. The Kier molecular flexibility index (Phi) is 3.09. The van der Waals surface area contributed by atoms with Gasteiger partial charge in [0.15, 0.2) is 0 Å². The molecule has 1 aromatic carbocycles. The van der Waals surface area contributed by atoms with Crippen LogP contribution in [0.15, 0.2) is 36.5 Å². The van der Waals surface area contributed by atoms with Crippen LogP contribution in [0.1, 0.15) is 16.1 Å². The van der Waals surface area contributed by atoms with Gasteiger partial charge in [-0.1, -0.05) is 18.2 Å². The van der Waals surface area contributed by atoms with Crippen molar-refractivity contribution in [3.8, 4) is 0 Å². The molecule has 2 rings (SSSR count). The zero-order valence-electron chi connectivity index (χ0n) is 8.94. The molecule has 5 heteroatoms. The molecule has 0 bridgehead atoms. The zero-order valence-corrected chi connectivity index (χ0v) is 8.94. The van der Waals surface area contributed by atoms with Gasteiger partial charge < -0.3 is 15.5 Å². The number of nitrogens with two attached hydrogens (primary N) is 1. The molecule has 4 nitrogen and oxygen atoms in total. The fraction of sp³-hybridized carbons (Fsp3) is 0.0833. The quantitative estimate of drug-likeness (QED) is 0.799.